The first-order valence-corrected chi connectivity index (χ1v) is 6.50. The molecule has 0 aliphatic carbocycles. The summed E-state index contributed by atoms with van der Waals surface area (Å²) in [5.41, 5.74) is 2.31. The van der Waals surface area contributed by atoms with Crippen LogP contribution in [0.5, 0.6) is 5.75 Å². The van der Waals surface area contributed by atoms with E-state index in [0.29, 0.717) is 6.61 Å². The molecule has 0 N–H and O–H groups in total. The van der Waals surface area contributed by atoms with Gasteiger partial charge in [-0.25, -0.2) is 0 Å². The predicted octanol–water partition coefficient (Wildman–Crippen LogP) is 3.24. The van der Waals surface area contributed by atoms with Gasteiger partial charge >= 0.3 is 0 Å². The van der Waals surface area contributed by atoms with Crippen LogP contribution in [0.4, 0.5) is 0 Å². The van der Waals surface area contributed by atoms with Crippen LogP contribution in [0.3, 0.4) is 0 Å². The predicted molar refractivity (Wildman–Crippen MR) is 80.4 cm³/mol. The lowest BCUT2D eigenvalue weighted by atomic mass is 10.0. The quantitative estimate of drug-likeness (QED) is 0.781. The molecule has 1 heterocycles. The summed E-state index contributed by atoms with van der Waals surface area (Å²) in [4.78, 5) is 2.19. The Balaban J connectivity index is 2.10. The number of likely N-dealkylation sites (N-methyl/N-ethyl adjacent to an activating group) is 1. The van der Waals surface area contributed by atoms with E-state index in [4.69, 9.17) is 22.8 Å². The number of rotatable bonds is 4. The minimum atomic E-state index is 0.609. The lowest BCUT2D eigenvalue weighted by molar-refractivity contribution is 0.352. The molecule has 2 rings (SSSR count). The molecule has 3 heteroatoms. The highest BCUT2D eigenvalue weighted by molar-refractivity contribution is 6.30. The van der Waals surface area contributed by atoms with Crippen molar-refractivity contribution in [3.63, 3.8) is 0 Å². The Morgan fingerprint density at radius 3 is 3.16 bits per heavy atom. The highest BCUT2D eigenvalue weighted by Crippen LogP contribution is 2.32. The second-order valence-corrected chi connectivity index (χ2v) is 4.88. The molecule has 0 unspecified atom stereocenters. The van der Waals surface area contributed by atoms with E-state index >= 15 is 0 Å². The first-order chi connectivity index (χ1) is 9.20. The van der Waals surface area contributed by atoms with Gasteiger partial charge in [-0.3, -0.25) is 4.90 Å². The smallest absolute Gasteiger partial charge is 0.127 e. The normalized spacial score (nSPS) is 13.9. The van der Waals surface area contributed by atoms with Crippen LogP contribution in [-0.2, 0) is 0 Å². The number of benzene rings is 1. The molecule has 1 aromatic carbocycles. The van der Waals surface area contributed by atoms with Crippen molar-refractivity contribution < 1.29 is 4.74 Å². The van der Waals surface area contributed by atoms with Crippen molar-refractivity contribution in [3.05, 3.63) is 47.0 Å². The van der Waals surface area contributed by atoms with E-state index in [1.807, 2.05) is 24.3 Å². The average molecular weight is 274 g/mol. The molecule has 0 fully saturated rings. The number of nitrogens with zero attached hydrogens (tertiary/aromatic N) is 1. The molecule has 1 aliphatic heterocycles. The van der Waals surface area contributed by atoms with E-state index in [1.165, 1.54) is 5.57 Å². The maximum atomic E-state index is 6.05. The van der Waals surface area contributed by atoms with Crippen LogP contribution in [-0.4, -0.2) is 31.6 Å². The van der Waals surface area contributed by atoms with Gasteiger partial charge in [0, 0.05) is 23.7 Å². The lowest BCUT2D eigenvalue weighted by Gasteiger charge is -2.22. The number of hydrogen-bond donors (Lipinski definition) is 0. The fraction of sp³-hybridized carbons (Fsp3) is 0.250. The summed E-state index contributed by atoms with van der Waals surface area (Å²) in [6.07, 6.45) is 11.0. The summed E-state index contributed by atoms with van der Waals surface area (Å²) in [5, 5.41) is 0.727. The van der Waals surface area contributed by atoms with E-state index in [1.54, 1.807) is 6.08 Å². The van der Waals surface area contributed by atoms with Crippen molar-refractivity contribution >= 4 is 17.2 Å². The van der Waals surface area contributed by atoms with Crippen LogP contribution in [0.25, 0.3) is 5.57 Å². The van der Waals surface area contributed by atoms with Gasteiger partial charge in [-0.15, -0.1) is 6.42 Å². The lowest BCUT2D eigenvalue weighted by Crippen LogP contribution is -2.22. The van der Waals surface area contributed by atoms with Gasteiger partial charge in [0.15, 0.2) is 0 Å². The Morgan fingerprint density at radius 2 is 2.37 bits per heavy atom. The molecule has 1 aliphatic rings. The number of ether oxygens (including phenoxy) is 1. The van der Waals surface area contributed by atoms with Crippen molar-refractivity contribution in [2.45, 2.75) is 0 Å². The van der Waals surface area contributed by atoms with E-state index in [2.05, 4.69) is 23.9 Å². The topological polar surface area (TPSA) is 12.5 Å². The van der Waals surface area contributed by atoms with Crippen LogP contribution in [0, 0.1) is 12.3 Å². The molecule has 2 nitrogen and oxygen atoms in total. The zero-order valence-corrected chi connectivity index (χ0v) is 11.7. The first-order valence-electron chi connectivity index (χ1n) is 6.12. The zero-order valence-electron chi connectivity index (χ0n) is 10.9. The largest absolute Gasteiger partial charge is 0.489 e. The van der Waals surface area contributed by atoms with Crippen LogP contribution in [0.1, 0.15) is 5.56 Å². The third-order valence-electron chi connectivity index (χ3n) is 2.93. The number of halogens is 1. The third kappa shape index (κ3) is 3.64. The molecule has 0 aromatic heterocycles. The van der Waals surface area contributed by atoms with Crippen molar-refractivity contribution in [2.24, 2.45) is 0 Å². The van der Waals surface area contributed by atoms with Gasteiger partial charge in [-0.2, -0.15) is 0 Å². The van der Waals surface area contributed by atoms with Gasteiger partial charge in [0.1, 0.15) is 12.4 Å². The second-order valence-electron chi connectivity index (χ2n) is 4.45. The van der Waals surface area contributed by atoms with Crippen molar-refractivity contribution in [1.29, 1.82) is 0 Å². The Hall–Kier alpha value is -1.69. The maximum absolute atomic E-state index is 6.05. The first kappa shape index (κ1) is 13.7. The van der Waals surface area contributed by atoms with Gasteiger partial charge in [0.2, 0.25) is 0 Å². The Labute approximate surface area is 119 Å². The number of fused-ring (bicyclic) bond motifs is 1. The van der Waals surface area contributed by atoms with Gasteiger partial charge < -0.3 is 4.74 Å². The van der Waals surface area contributed by atoms with Crippen LogP contribution in [0.2, 0.25) is 5.02 Å². The fourth-order valence-corrected chi connectivity index (χ4v) is 2.20. The monoisotopic (exact) mass is 273 g/mol. The van der Waals surface area contributed by atoms with E-state index in [-0.39, 0.29) is 0 Å². The highest BCUT2D eigenvalue weighted by atomic mass is 35.5. The van der Waals surface area contributed by atoms with Gasteiger partial charge in [0.25, 0.3) is 0 Å². The summed E-state index contributed by atoms with van der Waals surface area (Å²) >= 11 is 6.05. The van der Waals surface area contributed by atoms with E-state index in [9.17, 15) is 0 Å². The molecule has 98 valence electrons. The summed E-state index contributed by atoms with van der Waals surface area (Å²) < 4.78 is 5.59. The molecular weight excluding hydrogens is 258 g/mol. The molecule has 1 aromatic rings. The molecule has 0 amide bonds. The molecular formula is C16H16ClNO. The van der Waals surface area contributed by atoms with Crippen molar-refractivity contribution in [2.75, 3.05) is 26.7 Å². The minimum Gasteiger partial charge on any atom is -0.489 e. The van der Waals surface area contributed by atoms with Crippen molar-refractivity contribution in [1.82, 2.24) is 4.90 Å². The molecule has 0 atom stereocenters. The molecule has 0 bridgehead atoms. The summed E-state index contributed by atoms with van der Waals surface area (Å²) in [6.45, 7) is 2.27. The summed E-state index contributed by atoms with van der Waals surface area (Å²) in [5.74, 6) is 3.39. The van der Waals surface area contributed by atoms with Gasteiger partial charge in [0.05, 0.1) is 0 Å². The van der Waals surface area contributed by atoms with Gasteiger partial charge in [-0.05, 0) is 43.0 Å². The van der Waals surface area contributed by atoms with Crippen molar-refractivity contribution in [3.8, 4) is 18.1 Å². The highest BCUT2D eigenvalue weighted by Gasteiger charge is 2.15. The fourth-order valence-electron chi connectivity index (χ4n) is 2.03. The molecule has 0 spiro atoms. The SMILES string of the molecule is C#C/C=C/CN(C)CC1=CCOc2ccc(Cl)cc21. The van der Waals surface area contributed by atoms with Crippen LogP contribution >= 0.6 is 11.6 Å². The average Bonchev–Trinajstić information content (AvgIpc) is 2.40. The van der Waals surface area contributed by atoms with E-state index < -0.39 is 0 Å². The van der Waals surface area contributed by atoms with Gasteiger partial charge in [-0.1, -0.05) is 23.6 Å². The summed E-state index contributed by atoms with van der Waals surface area (Å²) in [6, 6.07) is 5.72. The van der Waals surface area contributed by atoms with Crippen LogP contribution < -0.4 is 4.74 Å². The Morgan fingerprint density at radius 1 is 1.53 bits per heavy atom. The Kier molecular flexibility index (Phi) is 4.68. The standard InChI is InChI=1S/C16H16ClNO/c1-3-4-5-9-18(2)12-13-8-10-19-16-7-6-14(17)11-15(13)16/h1,4-8,11H,9-10,12H2,2H3/b5-4+. The van der Waals surface area contributed by atoms with E-state index in [0.717, 1.165) is 29.4 Å². The summed E-state index contributed by atoms with van der Waals surface area (Å²) in [7, 11) is 2.06. The Bertz CT molecular complexity index is 554. The van der Waals surface area contributed by atoms with Crippen LogP contribution in [0.15, 0.2) is 36.4 Å². The third-order valence-corrected chi connectivity index (χ3v) is 3.16. The maximum Gasteiger partial charge on any atom is 0.127 e. The molecule has 0 saturated heterocycles. The molecule has 19 heavy (non-hydrogen) atoms. The number of hydrogen-bond acceptors (Lipinski definition) is 2. The number of terminal acetylenes is 1. The molecule has 0 saturated carbocycles. The second kappa shape index (κ2) is 6.47. The zero-order chi connectivity index (χ0) is 13.7. The minimum absolute atomic E-state index is 0.609. The number of allylic oxidation sites excluding steroid dienone is 1. The molecule has 0 radical (unpaired) electrons.